The van der Waals surface area contributed by atoms with Crippen LogP contribution in [0, 0.1) is 0 Å². The van der Waals surface area contributed by atoms with Crippen LogP contribution in [-0.4, -0.2) is 40.3 Å². The fourth-order valence-electron chi connectivity index (χ4n) is 2.30. The van der Waals surface area contributed by atoms with Gasteiger partial charge in [0, 0.05) is 31.6 Å². The second-order valence-corrected chi connectivity index (χ2v) is 6.50. The largest absolute Gasteiger partial charge is 0.389 e. The summed E-state index contributed by atoms with van der Waals surface area (Å²) in [5.74, 6) is 3.28. The van der Waals surface area contributed by atoms with E-state index in [1.54, 1.807) is 0 Å². The summed E-state index contributed by atoms with van der Waals surface area (Å²) in [6, 6.07) is 2.00. The summed E-state index contributed by atoms with van der Waals surface area (Å²) in [6.07, 6.45) is 3.45. The quantitative estimate of drug-likeness (QED) is 0.771. The third-order valence-electron chi connectivity index (χ3n) is 3.51. The Morgan fingerprint density at radius 3 is 2.57 bits per heavy atom. The Bertz CT molecular complexity index is 466. The van der Waals surface area contributed by atoms with Crippen molar-refractivity contribution in [3.05, 3.63) is 11.9 Å². The van der Waals surface area contributed by atoms with Crippen molar-refractivity contribution in [1.82, 2.24) is 9.97 Å². The number of rotatable bonds is 8. The van der Waals surface area contributed by atoms with Crippen molar-refractivity contribution in [2.24, 2.45) is 0 Å². The highest BCUT2D eigenvalue weighted by atomic mass is 16.3. The summed E-state index contributed by atoms with van der Waals surface area (Å²) in [7, 11) is 0. The molecule has 0 amide bonds. The molecule has 21 heavy (non-hydrogen) atoms. The van der Waals surface area contributed by atoms with Crippen molar-refractivity contribution in [1.29, 1.82) is 0 Å². The number of hydrogen-bond acceptors (Lipinski definition) is 5. The third kappa shape index (κ3) is 4.84. The second-order valence-electron chi connectivity index (χ2n) is 6.50. The molecule has 0 atom stereocenters. The van der Waals surface area contributed by atoms with Crippen molar-refractivity contribution >= 4 is 11.6 Å². The topological polar surface area (TPSA) is 61.3 Å². The van der Waals surface area contributed by atoms with Gasteiger partial charge < -0.3 is 15.3 Å². The molecule has 0 radical (unpaired) electrons. The Morgan fingerprint density at radius 2 is 2.05 bits per heavy atom. The molecule has 2 N–H and O–H groups in total. The van der Waals surface area contributed by atoms with Gasteiger partial charge in [-0.05, 0) is 40.0 Å². The fraction of sp³-hybridized carbons (Fsp3) is 0.750. The molecule has 1 fully saturated rings. The van der Waals surface area contributed by atoms with Gasteiger partial charge in [-0.15, -0.1) is 0 Å². The average molecular weight is 292 g/mol. The molecule has 5 nitrogen and oxygen atoms in total. The predicted molar refractivity (Wildman–Crippen MR) is 87.0 cm³/mol. The van der Waals surface area contributed by atoms with E-state index in [4.69, 9.17) is 4.98 Å². The standard InChI is InChI=1S/C16H28N4O/c1-5-9-17-13-10-14(19-15(18-13)12-7-8-12)20(6-2)11-16(3,4)21/h10,12,21H,5-9,11H2,1-4H3,(H,17,18,19). The molecule has 0 aliphatic heterocycles. The van der Waals surface area contributed by atoms with E-state index in [1.807, 2.05) is 19.9 Å². The lowest BCUT2D eigenvalue weighted by molar-refractivity contribution is 0.0874. The average Bonchev–Trinajstić information content (AvgIpc) is 3.25. The Hall–Kier alpha value is -1.36. The molecule has 2 rings (SSSR count). The van der Waals surface area contributed by atoms with Crippen LogP contribution in [0.4, 0.5) is 11.6 Å². The summed E-state index contributed by atoms with van der Waals surface area (Å²) >= 11 is 0. The number of aliphatic hydroxyl groups is 1. The summed E-state index contributed by atoms with van der Waals surface area (Å²) in [4.78, 5) is 11.5. The van der Waals surface area contributed by atoms with Crippen LogP contribution in [0.5, 0.6) is 0 Å². The normalized spacial score (nSPS) is 15.1. The highest BCUT2D eigenvalue weighted by molar-refractivity contribution is 5.50. The molecule has 1 aliphatic carbocycles. The maximum absolute atomic E-state index is 10.1. The zero-order valence-electron chi connectivity index (χ0n) is 13.7. The minimum atomic E-state index is -0.738. The molecule has 0 saturated heterocycles. The molecule has 1 aliphatic rings. The van der Waals surface area contributed by atoms with E-state index in [0.717, 1.165) is 37.0 Å². The van der Waals surface area contributed by atoms with Crippen LogP contribution in [0.1, 0.15) is 58.7 Å². The van der Waals surface area contributed by atoms with Crippen molar-refractivity contribution in [3.8, 4) is 0 Å². The minimum absolute atomic E-state index is 0.521. The van der Waals surface area contributed by atoms with E-state index in [-0.39, 0.29) is 0 Å². The molecule has 1 aromatic heterocycles. The van der Waals surface area contributed by atoms with Crippen LogP contribution < -0.4 is 10.2 Å². The molecule has 0 bridgehead atoms. The van der Waals surface area contributed by atoms with E-state index in [1.165, 1.54) is 12.8 Å². The first-order valence-electron chi connectivity index (χ1n) is 8.03. The predicted octanol–water partition coefficient (Wildman–Crippen LogP) is 2.77. The van der Waals surface area contributed by atoms with Crippen LogP contribution >= 0.6 is 0 Å². The lowest BCUT2D eigenvalue weighted by atomic mass is 10.1. The Balaban J connectivity index is 2.24. The summed E-state index contributed by atoms with van der Waals surface area (Å²) < 4.78 is 0. The summed E-state index contributed by atoms with van der Waals surface area (Å²) in [6.45, 7) is 10.2. The van der Waals surface area contributed by atoms with E-state index in [9.17, 15) is 5.11 Å². The SMILES string of the molecule is CCCNc1cc(N(CC)CC(C)(C)O)nc(C2CC2)n1. The van der Waals surface area contributed by atoms with Gasteiger partial charge in [-0.3, -0.25) is 0 Å². The number of aromatic nitrogens is 2. The van der Waals surface area contributed by atoms with Gasteiger partial charge in [0.1, 0.15) is 17.5 Å². The molecule has 0 unspecified atom stereocenters. The maximum atomic E-state index is 10.1. The van der Waals surface area contributed by atoms with Gasteiger partial charge in [-0.25, -0.2) is 9.97 Å². The molecule has 118 valence electrons. The first-order valence-corrected chi connectivity index (χ1v) is 8.03. The molecule has 0 spiro atoms. The van der Waals surface area contributed by atoms with Gasteiger partial charge >= 0.3 is 0 Å². The van der Waals surface area contributed by atoms with Crippen LogP contribution in [0.25, 0.3) is 0 Å². The molecule has 1 heterocycles. The zero-order valence-corrected chi connectivity index (χ0v) is 13.7. The smallest absolute Gasteiger partial charge is 0.136 e. The molecule has 0 aromatic carbocycles. The minimum Gasteiger partial charge on any atom is -0.389 e. The number of likely N-dealkylation sites (N-methyl/N-ethyl adjacent to an activating group) is 1. The number of anilines is 2. The van der Waals surface area contributed by atoms with E-state index in [2.05, 4.69) is 29.0 Å². The van der Waals surface area contributed by atoms with E-state index in [0.29, 0.717) is 12.5 Å². The second kappa shape index (κ2) is 6.60. The van der Waals surface area contributed by atoms with E-state index < -0.39 is 5.60 Å². The Labute approximate surface area is 127 Å². The molecule has 1 saturated carbocycles. The first-order chi connectivity index (χ1) is 9.93. The zero-order chi connectivity index (χ0) is 15.5. The van der Waals surface area contributed by atoms with Crippen LogP contribution in [0.3, 0.4) is 0 Å². The highest BCUT2D eigenvalue weighted by Gasteiger charge is 2.28. The van der Waals surface area contributed by atoms with Crippen molar-refractivity contribution in [2.45, 2.75) is 58.5 Å². The number of nitrogens with one attached hydrogen (secondary N) is 1. The lowest BCUT2D eigenvalue weighted by Crippen LogP contribution is -2.39. The van der Waals surface area contributed by atoms with Gasteiger partial charge in [0.25, 0.3) is 0 Å². The molecular weight excluding hydrogens is 264 g/mol. The summed E-state index contributed by atoms with van der Waals surface area (Å²) in [5, 5.41) is 13.4. The van der Waals surface area contributed by atoms with Crippen molar-refractivity contribution in [3.63, 3.8) is 0 Å². The van der Waals surface area contributed by atoms with Gasteiger partial charge in [0.05, 0.1) is 5.60 Å². The molecule has 5 heteroatoms. The Morgan fingerprint density at radius 1 is 1.33 bits per heavy atom. The van der Waals surface area contributed by atoms with Crippen LogP contribution in [-0.2, 0) is 0 Å². The monoisotopic (exact) mass is 292 g/mol. The van der Waals surface area contributed by atoms with Crippen molar-refractivity contribution in [2.75, 3.05) is 29.9 Å². The molecule has 1 aromatic rings. The fourth-order valence-corrected chi connectivity index (χ4v) is 2.30. The lowest BCUT2D eigenvalue weighted by Gasteiger charge is -2.29. The van der Waals surface area contributed by atoms with Crippen LogP contribution in [0.15, 0.2) is 6.07 Å². The van der Waals surface area contributed by atoms with Gasteiger partial charge in [0.15, 0.2) is 0 Å². The van der Waals surface area contributed by atoms with Gasteiger partial charge in [0.2, 0.25) is 0 Å². The van der Waals surface area contributed by atoms with Crippen molar-refractivity contribution < 1.29 is 5.11 Å². The first kappa shape index (κ1) is 16.0. The van der Waals surface area contributed by atoms with Gasteiger partial charge in [-0.1, -0.05) is 6.92 Å². The Kier molecular flexibility index (Phi) is 5.04. The number of hydrogen-bond donors (Lipinski definition) is 2. The van der Waals surface area contributed by atoms with E-state index >= 15 is 0 Å². The molecular formula is C16H28N4O. The third-order valence-corrected chi connectivity index (χ3v) is 3.51. The maximum Gasteiger partial charge on any atom is 0.136 e. The highest BCUT2D eigenvalue weighted by Crippen LogP contribution is 2.39. The van der Waals surface area contributed by atoms with Crippen LogP contribution in [0.2, 0.25) is 0 Å². The van der Waals surface area contributed by atoms with Gasteiger partial charge in [-0.2, -0.15) is 0 Å². The summed E-state index contributed by atoms with van der Waals surface area (Å²) in [5.41, 5.74) is -0.738. The number of nitrogens with zero attached hydrogens (tertiary/aromatic N) is 3.